The summed E-state index contributed by atoms with van der Waals surface area (Å²) in [6.45, 7) is 0. The quantitative estimate of drug-likeness (QED) is 0.385. The number of hydrogen-bond donors (Lipinski definition) is 0. The fourth-order valence-electron chi connectivity index (χ4n) is 0. The molecule has 0 aromatic carbocycles. The average Bonchev–Trinajstić information content (AvgIpc) is 0. The van der Waals surface area contributed by atoms with E-state index in [9.17, 15) is 0 Å². The van der Waals surface area contributed by atoms with Crippen molar-refractivity contribution in [2.24, 2.45) is 0 Å². The fourth-order valence-corrected chi connectivity index (χ4v) is 0. The third-order valence-corrected chi connectivity index (χ3v) is 0. The first-order valence-corrected chi connectivity index (χ1v) is 0. The zero-order valence-electron chi connectivity index (χ0n) is 1.47. The van der Waals surface area contributed by atoms with E-state index in [1.807, 2.05) is 0 Å². The van der Waals surface area contributed by atoms with E-state index in [1.54, 1.807) is 0 Å². The van der Waals surface area contributed by atoms with Crippen molar-refractivity contribution < 1.29 is 78.7 Å². The van der Waals surface area contributed by atoms with E-state index in [2.05, 4.69) is 0 Å². The van der Waals surface area contributed by atoms with Gasteiger partial charge in [0.2, 0.25) is 0 Å². The van der Waals surface area contributed by atoms with E-state index in [0.29, 0.717) is 0 Å². The minimum Gasteiger partial charge on any atom is 0 e. The molecule has 4 heavy (non-hydrogen) atoms. The van der Waals surface area contributed by atoms with Gasteiger partial charge in [-0.15, -0.1) is 0 Å². The van der Waals surface area contributed by atoms with Gasteiger partial charge in [-0.2, -0.15) is 0 Å². The summed E-state index contributed by atoms with van der Waals surface area (Å²) in [6, 6.07) is 0. The summed E-state index contributed by atoms with van der Waals surface area (Å²) in [5, 5.41) is 0. The fraction of sp³-hybridized carbons (Fsp3) is 0. The Morgan fingerprint density at radius 3 is 1.00 bits per heavy atom. The van der Waals surface area contributed by atoms with Crippen LogP contribution in [0.15, 0.2) is 0 Å². The van der Waals surface area contributed by atoms with Crippen LogP contribution in [0.3, 0.4) is 0 Å². The van der Waals surface area contributed by atoms with Gasteiger partial charge in [0.05, 0.1) is 0 Å². The molecular formula is CoIrRuTa. The Morgan fingerprint density at radius 2 is 1.00 bits per heavy atom. The minimum absolute atomic E-state index is 0. The molecule has 0 spiro atoms. The second-order valence-corrected chi connectivity index (χ2v) is 0. The van der Waals surface area contributed by atoms with E-state index >= 15 is 0 Å². The van der Waals surface area contributed by atoms with Gasteiger partial charge in [-0.05, 0) is 0 Å². The van der Waals surface area contributed by atoms with Gasteiger partial charge in [-0.3, -0.25) is 0 Å². The van der Waals surface area contributed by atoms with E-state index in [1.165, 1.54) is 0 Å². The predicted octanol–water partition coefficient (Wildman–Crippen LogP) is -0.0100. The molecule has 3 radical (unpaired) electrons. The van der Waals surface area contributed by atoms with Crippen molar-refractivity contribution in [2.45, 2.75) is 0 Å². The normalized spacial score (nSPS) is 0. The largest absolute Gasteiger partial charge is 0 e. The Kier molecular flexibility index (Phi) is 139. The molecule has 0 saturated carbocycles. The monoisotopic (exact) mass is 535 g/mol. The summed E-state index contributed by atoms with van der Waals surface area (Å²) < 4.78 is 0. The molecule has 0 atom stereocenters. The molecular weight excluding hydrogens is 533 g/mol. The second-order valence-electron chi connectivity index (χ2n) is 0. The molecule has 0 nitrogen and oxygen atoms in total. The summed E-state index contributed by atoms with van der Waals surface area (Å²) in [5.74, 6) is 0. The van der Waals surface area contributed by atoms with Crippen LogP contribution in [-0.4, -0.2) is 0 Å². The summed E-state index contributed by atoms with van der Waals surface area (Å²) in [6.07, 6.45) is 0. The molecule has 0 fully saturated rings. The van der Waals surface area contributed by atoms with Crippen molar-refractivity contribution in [1.82, 2.24) is 0 Å². The molecule has 0 aliphatic heterocycles. The Bertz CT molecular complexity index is 8.00. The second kappa shape index (κ2) is 17.8. The standard InChI is InChI=1S/Co.Ir.Ru.Ta. The third kappa shape index (κ3) is 8.82. The molecule has 0 unspecified atom stereocenters. The van der Waals surface area contributed by atoms with Crippen LogP contribution in [0.25, 0.3) is 0 Å². The van der Waals surface area contributed by atoms with Crippen LogP contribution in [0.4, 0.5) is 0 Å². The van der Waals surface area contributed by atoms with Gasteiger partial charge in [0.15, 0.2) is 0 Å². The molecule has 0 heterocycles. The maximum atomic E-state index is 0. The third-order valence-electron chi connectivity index (χ3n) is 0. The summed E-state index contributed by atoms with van der Waals surface area (Å²) in [5.41, 5.74) is 0. The van der Waals surface area contributed by atoms with Gasteiger partial charge in [0.1, 0.15) is 0 Å². The van der Waals surface area contributed by atoms with Crippen LogP contribution in [0.1, 0.15) is 0 Å². The van der Waals surface area contributed by atoms with Crippen molar-refractivity contribution in [3.63, 3.8) is 0 Å². The Hall–Kier alpha value is 2.52. The molecule has 0 aliphatic rings. The van der Waals surface area contributed by atoms with Gasteiger partial charge in [0, 0.05) is 78.7 Å². The van der Waals surface area contributed by atoms with Gasteiger partial charge in [-0.25, -0.2) is 0 Å². The maximum absolute atomic E-state index is 0. The van der Waals surface area contributed by atoms with Crippen LogP contribution in [0, 0.1) is 0 Å². The van der Waals surface area contributed by atoms with Crippen molar-refractivity contribution in [1.29, 1.82) is 0 Å². The molecule has 0 rings (SSSR count). The molecule has 0 bridgehead atoms. The van der Waals surface area contributed by atoms with Crippen LogP contribution in [0.2, 0.25) is 0 Å². The number of rotatable bonds is 0. The van der Waals surface area contributed by atoms with Crippen molar-refractivity contribution in [2.75, 3.05) is 0 Å². The molecule has 0 aromatic heterocycles. The van der Waals surface area contributed by atoms with Crippen LogP contribution in [0.5, 0.6) is 0 Å². The molecule has 0 N–H and O–H groups in total. The first-order chi connectivity index (χ1) is 0. The first-order valence-electron chi connectivity index (χ1n) is 0. The maximum Gasteiger partial charge on any atom is 0 e. The van der Waals surface area contributed by atoms with E-state index < -0.39 is 0 Å². The Morgan fingerprint density at radius 1 is 1.00 bits per heavy atom. The van der Waals surface area contributed by atoms with Gasteiger partial charge >= 0.3 is 0 Å². The zero-order chi connectivity index (χ0) is 0. The number of hydrogen-bond acceptors (Lipinski definition) is 0. The van der Waals surface area contributed by atoms with E-state index in [4.69, 9.17) is 0 Å². The van der Waals surface area contributed by atoms with E-state index in [0.717, 1.165) is 0 Å². The van der Waals surface area contributed by atoms with Gasteiger partial charge < -0.3 is 0 Å². The zero-order valence-corrected chi connectivity index (χ0v) is 9.86. The average molecular weight is 533 g/mol. The van der Waals surface area contributed by atoms with Crippen LogP contribution >= 0.6 is 0 Å². The van der Waals surface area contributed by atoms with Gasteiger partial charge in [-0.1, -0.05) is 0 Å². The molecule has 0 aliphatic carbocycles. The smallest absolute Gasteiger partial charge is 0 e. The van der Waals surface area contributed by atoms with Gasteiger partial charge in [0.25, 0.3) is 0 Å². The predicted molar refractivity (Wildman–Crippen MR) is 0 cm³/mol. The summed E-state index contributed by atoms with van der Waals surface area (Å²) in [4.78, 5) is 0. The van der Waals surface area contributed by atoms with Crippen molar-refractivity contribution in [3.05, 3.63) is 0 Å². The molecule has 0 aromatic rings. The molecule has 31 valence electrons. The SMILES string of the molecule is [Co].[Ir].[Ru].[Ta]. The summed E-state index contributed by atoms with van der Waals surface area (Å²) in [7, 11) is 0. The molecule has 0 saturated heterocycles. The van der Waals surface area contributed by atoms with Crippen LogP contribution < -0.4 is 0 Å². The van der Waals surface area contributed by atoms with Crippen LogP contribution in [-0.2, 0) is 78.7 Å². The summed E-state index contributed by atoms with van der Waals surface area (Å²) >= 11 is 0. The van der Waals surface area contributed by atoms with E-state index in [-0.39, 0.29) is 78.7 Å². The molecule has 0 amide bonds. The molecule has 4 heteroatoms. The van der Waals surface area contributed by atoms with Crippen molar-refractivity contribution in [3.8, 4) is 0 Å². The van der Waals surface area contributed by atoms with Crippen molar-refractivity contribution >= 4 is 0 Å². The minimum atomic E-state index is 0. The Balaban J connectivity index is 0. The Labute approximate surface area is 77.7 Å². The topological polar surface area (TPSA) is 0 Å². The first kappa shape index (κ1) is 31.3.